The van der Waals surface area contributed by atoms with Crippen LogP contribution < -0.4 is 4.72 Å². The van der Waals surface area contributed by atoms with Gasteiger partial charge in [0.25, 0.3) is 0 Å². The van der Waals surface area contributed by atoms with Crippen LogP contribution in [0.3, 0.4) is 0 Å². The first-order chi connectivity index (χ1) is 9.86. The molecule has 0 atom stereocenters. The van der Waals surface area contributed by atoms with Crippen LogP contribution in [-0.2, 0) is 23.2 Å². The Morgan fingerprint density at radius 2 is 2.00 bits per heavy atom. The lowest BCUT2D eigenvalue weighted by molar-refractivity contribution is 0.280. The van der Waals surface area contributed by atoms with Crippen LogP contribution in [0, 0.1) is 20.8 Å². The molecule has 21 heavy (non-hydrogen) atoms. The molecular formula is C14H18N2O4S. The second-order valence-corrected chi connectivity index (χ2v) is 6.56. The molecule has 1 aromatic heterocycles. The van der Waals surface area contributed by atoms with Crippen molar-refractivity contribution >= 4 is 10.0 Å². The van der Waals surface area contributed by atoms with Gasteiger partial charge < -0.3 is 9.63 Å². The fourth-order valence-electron chi connectivity index (χ4n) is 2.12. The van der Waals surface area contributed by atoms with Crippen molar-refractivity contribution in [1.82, 2.24) is 9.88 Å². The van der Waals surface area contributed by atoms with Gasteiger partial charge in [0.1, 0.15) is 5.76 Å². The summed E-state index contributed by atoms with van der Waals surface area (Å²) in [5, 5.41) is 13.0. The molecule has 0 aliphatic heterocycles. The molecular weight excluding hydrogens is 292 g/mol. The first kappa shape index (κ1) is 15.7. The predicted molar refractivity (Wildman–Crippen MR) is 77.1 cm³/mol. The molecule has 6 nitrogen and oxygen atoms in total. The molecule has 0 spiro atoms. The summed E-state index contributed by atoms with van der Waals surface area (Å²) in [6, 6.07) is 4.83. The highest BCUT2D eigenvalue weighted by atomic mass is 32.2. The van der Waals surface area contributed by atoms with Gasteiger partial charge in [0.2, 0.25) is 10.0 Å². The first-order valence-electron chi connectivity index (χ1n) is 6.47. The molecule has 0 aliphatic rings. The molecule has 0 aliphatic carbocycles. The summed E-state index contributed by atoms with van der Waals surface area (Å²) in [6.45, 7) is 5.10. The molecule has 2 aromatic rings. The van der Waals surface area contributed by atoms with Crippen LogP contribution in [0.4, 0.5) is 0 Å². The largest absolute Gasteiger partial charge is 0.392 e. The number of sulfonamides is 1. The van der Waals surface area contributed by atoms with Crippen molar-refractivity contribution in [3.05, 3.63) is 46.3 Å². The molecule has 114 valence electrons. The minimum absolute atomic E-state index is 0.117. The summed E-state index contributed by atoms with van der Waals surface area (Å²) in [4.78, 5) is 0.167. The van der Waals surface area contributed by atoms with E-state index in [0.717, 1.165) is 5.56 Å². The van der Waals surface area contributed by atoms with Gasteiger partial charge in [-0.3, -0.25) is 0 Å². The highest BCUT2D eigenvalue weighted by Crippen LogP contribution is 2.20. The second kappa shape index (κ2) is 5.97. The van der Waals surface area contributed by atoms with Crippen LogP contribution in [0.2, 0.25) is 0 Å². The molecule has 0 fully saturated rings. The molecule has 0 amide bonds. The summed E-state index contributed by atoms with van der Waals surface area (Å²) in [7, 11) is -3.66. The lowest BCUT2D eigenvalue weighted by Crippen LogP contribution is -2.24. The quantitative estimate of drug-likeness (QED) is 0.874. The third-order valence-corrected chi connectivity index (χ3v) is 5.02. The summed E-state index contributed by atoms with van der Waals surface area (Å²) >= 11 is 0. The number of aliphatic hydroxyl groups excluding tert-OH is 1. The SMILES string of the molecule is Cc1noc(C)c1CNS(=O)(=O)c1cccc(CO)c1C. The minimum atomic E-state index is -3.66. The van der Waals surface area contributed by atoms with Gasteiger partial charge in [-0.05, 0) is 38.0 Å². The first-order valence-corrected chi connectivity index (χ1v) is 7.96. The highest BCUT2D eigenvalue weighted by Gasteiger charge is 2.19. The molecule has 1 aromatic carbocycles. The Kier molecular flexibility index (Phi) is 4.46. The number of nitrogens with zero attached hydrogens (tertiary/aromatic N) is 1. The topological polar surface area (TPSA) is 92.4 Å². The number of benzene rings is 1. The zero-order chi connectivity index (χ0) is 15.6. The summed E-state index contributed by atoms with van der Waals surface area (Å²) in [5.74, 6) is 0.594. The van der Waals surface area contributed by atoms with Gasteiger partial charge in [-0.15, -0.1) is 0 Å². The smallest absolute Gasteiger partial charge is 0.241 e. The third-order valence-electron chi connectivity index (χ3n) is 3.48. The number of hydrogen-bond acceptors (Lipinski definition) is 5. The summed E-state index contributed by atoms with van der Waals surface area (Å²) in [5.41, 5.74) is 2.53. The van der Waals surface area contributed by atoms with E-state index in [9.17, 15) is 13.5 Å². The zero-order valence-corrected chi connectivity index (χ0v) is 13.0. The number of nitrogens with one attached hydrogen (secondary N) is 1. The van der Waals surface area contributed by atoms with Crippen LogP contribution in [0.5, 0.6) is 0 Å². The van der Waals surface area contributed by atoms with E-state index >= 15 is 0 Å². The van der Waals surface area contributed by atoms with Gasteiger partial charge in [-0.1, -0.05) is 17.3 Å². The number of aryl methyl sites for hydroxylation is 2. The van der Waals surface area contributed by atoms with Crippen LogP contribution in [0.1, 0.15) is 28.1 Å². The Labute approximate surface area is 123 Å². The standard InChI is InChI=1S/C14H18N2O4S/c1-9-12(8-17)5-4-6-14(9)21(18,19)15-7-13-10(2)16-20-11(13)3/h4-6,15,17H,7-8H2,1-3H3. The number of rotatable bonds is 5. The normalized spacial score (nSPS) is 11.8. The number of aromatic nitrogens is 1. The summed E-state index contributed by atoms with van der Waals surface area (Å²) in [6.07, 6.45) is 0. The van der Waals surface area contributed by atoms with Crippen LogP contribution in [-0.4, -0.2) is 18.7 Å². The van der Waals surface area contributed by atoms with E-state index < -0.39 is 10.0 Å². The Hall–Kier alpha value is -1.70. The minimum Gasteiger partial charge on any atom is -0.392 e. The van der Waals surface area contributed by atoms with Crippen molar-refractivity contribution in [1.29, 1.82) is 0 Å². The van der Waals surface area contributed by atoms with Crippen molar-refractivity contribution in [3.63, 3.8) is 0 Å². The van der Waals surface area contributed by atoms with E-state index in [4.69, 9.17) is 4.52 Å². The molecule has 7 heteroatoms. The Balaban J connectivity index is 2.27. The van der Waals surface area contributed by atoms with Crippen LogP contribution in [0.15, 0.2) is 27.6 Å². The maximum absolute atomic E-state index is 12.4. The van der Waals surface area contributed by atoms with Gasteiger partial charge in [0.05, 0.1) is 17.2 Å². The van der Waals surface area contributed by atoms with Crippen molar-refractivity contribution in [3.8, 4) is 0 Å². The van der Waals surface area contributed by atoms with Gasteiger partial charge in [-0.25, -0.2) is 13.1 Å². The van der Waals surface area contributed by atoms with E-state index in [1.807, 2.05) is 0 Å². The van der Waals surface area contributed by atoms with E-state index in [1.165, 1.54) is 6.07 Å². The fraction of sp³-hybridized carbons (Fsp3) is 0.357. The second-order valence-electron chi connectivity index (χ2n) is 4.83. The zero-order valence-electron chi connectivity index (χ0n) is 12.2. The lowest BCUT2D eigenvalue weighted by atomic mass is 10.1. The van der Waals surface area contributed by atoms with Crippen molar-refractivity contribution in [2.45, 2.75) is 38.8 Å². The predicted octanol–water partition coefficient (Wildman–Crippen LogP) is 1.57. The van der Waals surface area contributed by atoms with Gasteiger partial charge >= 0.3 is 0 Å². The average molecular weight is 310 g/mol. The Morgan fingerprint density at radius 1 is 1.29 bits per heavy atom. The van der Waals surface area contributed by atoms with Crippen molar-refractivity contribution in [2.24, 2.45) is 0 Å². The highest BCUT2D eigenvalue weighted by molar-refractivity contribution is 7.89. The van der Waals surface area contributed by atoms with Crippen LogP contribution in [0.25, 0.3) is 0 Å². The maximum atomic E-state index is 12.4. The van der Waals surface area contributed by atoms with E-state index in [0.29, 0.717) is 22.6 Å². The molecule has 0 radical (unpaired) electrons. The Bertz CT molecular complexity index is 731. The number of hydrogen-bond donors (Lipinski definition) is 2. The van der Waals surface area contributed by atoms with Gasteiger partial charge in [0.15, 0.2) is 0 Å². The molecule has 2 rings (SSSR count). The van der Waals surface area contributed by atoms with Crippen LogP contribution >= 0.6 is 0 Å². The lowest BCUT2D eigenvalue weighted by Gasteiger charge is -2.11. The monoisotopic (exact) mass is 310 g/mol. The Morgan fingerprint density at radius 3 is 2.57 bits per heavy atom. The third kappa shape index (κ3) is 3.15. The molecule has 1 heterocycles. The summed E-state index contributed by atoms with van der Waals surface area (Å²) < 4.78 is 32.3. The molecule has 0 saturated carbocycles. The van der Waals surface area contributed by atoms with E-state index in [2.05, 4.69) is 9.88 Å². The number of aliphatic hydroxyl groups is 1. The fourth-order valence-corrected chi connectivity index (χ4v) is 3.40. The van der Waals surface area contributed by atoms with Crippen molar-refractivity contribution in [2.75, 3.05) is 0 Å². The molecule has 0 bridgehead atoms. The molecule has 2 N–H and O–H groups in total. The molecule has 0 saturated heterocycles. The van der Waals surface area contributed by atoms with Gasteiger partial charge in [0, 0.05) is 12.1 Å². The van der Waals surface area contributed by atoms with Gasteiger partial charge in [-0.2, -0.15) is 0 Å². The average Bonchev–Trinajstić information content (AvgIpc) is 2.76. The molecule has 0 unspecified atom stereocenters. The van der Waals surface area contributed by atoms with E-state index in [1.54, 1.807) is 32.9 Å². The van der Waals surface area contributed by atoms with E-state index in [-0.39, 0.29) is 18.0 Å². The maximum Gasteiger partial charge on any atom is 0.241 e. The van der Waals surface area contributed by atoms with Crippen molar-refractivity contribution < 1.29 is 18.0 Å².